The molecule has 114 valence electrons. The van der Waals surface area contributed by atoms with Gasteiger partial charge < -0.3 is 15.2 Å². The van der Waals surface area contributed by atoms with Crippen LogP contribution in [0.25, 0.3) is 0 Å². The first-order valence-electron chi connectivity index (χ1n) is 7.16. The summed E-state index contributed by atoms with van der Waals surface area (Å²) < 4.78 is 12.7. The monoisotopic (exact) mass is 290 g/mol. The molecular formula is C15H22N4O2. The van der Waals surface area contributed by atoms with Gasteiger partial charge in [0.1, 0.15) is 6.61 Å². The van der Waals surface area contributed by atoms with Crippen molar-refractivity contribution < 1.29 is 9.47 Å². The van der Waals surface area contributed by atoms with Crippen LogP contribution in [-0.4, -0.2) is 28.7 Å². The van der Waals surface area contributed by atoms with Gasteiger partial charge in [-0.15, -0.1) is 5.10 Å². The molecule has 1 heterocycles. The molecule has 1 unspecified atom stereocenters. The lowest BCUT2D eigenvalue weighted by atomic mass is 10.1. The second-order valence-electron chi connectivity index (χ2n) is 4.80. The highest BCUT2D eigenvalue weighted by molar-refractivity contribution is 5.39. The van der Waals surface area contributed by atoms with Crippen molar-refractivity contribution in [2.45, 2.75) is 32.4 Å². The van der Waals surface area contributed by atoms with Crippen LogP contribution in [-0.2, 0) is 6.54 Å². The summed E-state index contributed by atoms with van der Waals surface area (Å²) in [4.78, 5) is 0. The normalized spacial score (nSPS) is 12.1. The van der Waals surface area contributed by atoms with E-state index in [2.05, 4.69) is 17.2 Å². The Kier molecular flexibility index (Phi) is 5.57. The zero-order chi connectivity index (χ0) is 15.1. The number of methoxy groups -OCH3 is 1. The number of aromatic nitrogens is 3. The quantitative estimate of drug-likeness (QED) is 0.806. The van der Waals surface area contributed by atoms with E-state index in [1.54, 1.807) is 11.8 Å². The minimum atomic E-state index is -0.0427. The van der Waals surface area contributed by atoms with Crippen LogP contribution in [0.15, 0.2) is 30.5 Å². The van der Waals surface area contributed by atoms with Crippen molar-refractivity contribution in [3.05, 3.63) is 36.2 Å². The Bertz CT molecular complexity index is 556. The first-order chi connectivity index (χ1) is 10.2. The molecule has 2 aromatic rings. The summed E-state index contributed by atoms with van der Waals surface area (Å²) in [5.41, 5.74) is 6.84. The van der Waals surface area contributed by atoms with Crippen LogP contribution in [0.5, 0.6) is 11.5 Å². The van der Waals surface area contributed by atoms with Crippen LogP contribution >= 0.6 is 0 Å². The molecule has 1 aromatic carbocycles. The van der Waals surface area contributed by atoms with Crippen LogP contribution in [0.4, 0.5) is 0 Å². The van der Waals surface area contributed by atoms with Gasteiger partial charge >= 0.3 is 0 Å². The van der Waals surface area contributed by atoms with Crippen LogP contribution in [0.1, 0.15) is 31.5 Å². The van der Waals surface area contributed by atoms with Crippen molar-refractivity contribution in [1.29, 1.82) is 0 Å². The third-order valence-corrected chi connectivity index (χ3v) is 3.18. The van der Waals surface area contributed by atoms with Crippen molar-refractivity contribution in [2.75, 3.05) is 13.7 Å². The summed E-state index contributed by atoms with van der Waals surface area (Å²) in [6, 6.07) is 7.52. The average Bonchev–Trinajstić information content (AvgIpc) is 2.97. The first kappa shape index (κ1) is 15.3. The lowest BCUT2D eigenvalue weighted by Gasteiger charge is -2.09. The largest absolute Gasteiger partial charge is 0.493 e. The molecule has 21 heavy (non-hydrogen) atoms. The number of para-hydroxylation sites is 2. The third-order valence-electron chi connectivity index (χ3n) is 3.18. The molecule has 0 aliphatic heterocycles. The molecule has 0 aliphatic carbocycles. The number of rotatable bonds is 8. The third kappa shape index (κ3) is 4.19. The van der Waals surface area contributed by atoms with Crippen LogP contribution in [0.2, 0.25) is 0 Å². The van der Waals surface area contributed by atoms with Crippen LogP contribution in [0, 0.1) is 0 Å². The number of nitrogens with zero attached hydrogens (tertiary/aromatic N) is 3. The lowest BCUT2D eigenvalue weighted by molar-refractivity contribution is 0.273. The van der Waals surface area contributed by atoms with E-state index in [0.29, 0.717) is 13.2 Å². The van der Waals surface area contributed by atoms with Gasteiger partial charge in [-0.3, -0.25) is 0 Å². The van der Waals surface area contributed by atoms with Crippen molar-refractivity contribution in [1.82, 2.24) is 15.0 Å². The molecule has 0 bridgehead atoms. The van der Waals surface area contributed by atoms with Gasteiger partial charge in [0.15, 0.2) is 11.5 Å². The maximum Gasteiger partial charge on any atom is 0.161 e. The van der Waals surface area contributed by atoms with E-state index in [1.807, 2.05) is 30.5 Å². The summed E-state index contributed by atoms with van der Waals surface area (Å²) in [6.45, 7) is 3.21. The van der Waals surface area contributed by atoms with E-state index in [4.69, 9.17) is 15.2 Å². The minimum absolute atomic E-state index is 0.0427. The molecule has 6 heteroatoms. The van der Waals surface area contributed by atoms with Gasteiger partial charge in [-0.1, -0.05) is 30.7 Å². The first-order valence-corrected chi connectivity index (χ1v) is 7.16. The fraction of sp³-hybridized carbons (Fsp3) is 0.467. The molecule has 0 aliphatic rings. The molecule has 6 nitrogen and oxygen atoms in total. The van der Waals surface area contributed by atoms with Crippen LogP contribution in [0.3, 0.4) is 0 Å². The number of ether oxygens (including phenoxy) is 2. The maximum absolute atomic E-state index is 6.01. The number of hydrogen-bond acceptors (Lipinski definition) is 5. The molecule has 0 saturated carbocycles. The Morgan fingerprint density at radius 3 is 2.76 bits per heavy atom. The van der Waals surface area contributed by atoms with E-state index >= 15 is 0 Å². The van der Waals surface area contributed by atoms with Gasteiger partial charge in [0.25, 0.3) is 0 Å². The molecule has 0 fully saturated rings. The summed E-state index contributed by atoms with van der Waals surface area (Å²) in [5, 5.41) is 8.17. The van der Waals surface area contributed by atoms with E-state index in [1.165, 1.54) is 0 Å². The molecule has 0 spiro atoms. The summed E-state index contributed by atoms with van der Waals surface area (Å²) in [5.74, 6) is 1.45. The Hall–Kier alpha value is -2.08. The second-order valence-corrected chi connectivity index (χ2v) is 4.80. The van der Waals surface area contributed by atoms with Gasteiger partial charge in [0.05, 0.1) is 31.6 Å². The summed E-state index contributed by atoms with van der Waals surface area (Å²) in [6.07, 6.45) is 3.83. The minimum Gasteiger partial charge on any atom is -0.493 e. The highest BCUT2D eigenvalue weighted by Gasteiger charge is 2.09. The van der Waals surface area contributed by atoms with Gasteiger partial charge in [-0.05, 0) is 18.6 Å². The molecule has 1 aromatic heterocycles. The van der Waals surface area contributed by atoms with E-state index in [9.17, 15) is 0 Å². The number of benzene rings is 1. The maximum atomic E-state index is 6.01. The SMILES string of the molecule is CCCC(N)c1cn(CCOc2ccccc2OC)nn1. The fourth-order valence-corrected chi connectivity index (χ4v) is 2.04. The summed E-state index contributed by atoms with van der Waals surface area (Å²) >= 11 is 0. The Balaban J connectivity index is 1.86. The summed E-state index contributed by atoms with van der Waals surface area (Å²) in [7, 11) is 1.63. The van der Waals surface area contributed by atoms with E-state index in [0.717, 1.165) is 30.0 Å². The zero-order valence-corrected chi connectivity index (χ0v) is 12.5. The number of nitrogens with two attached hydrogens (primary N) is 1. The predicted octanol–water partition coefficient (Wildman–Crippen LogP) is 2.17. The second kappa shape index (κ2) is 7.64. The molecule has 0 radical (unpaired) electrons. The van der Waals surface area contributed by atoms with Crippen molar-refractivity contribution in [2.24, 2.45) is 5.73 Å². The molecule has 0 saturated heterocycles. The Morgan fingerprint density at radius 2 is 2.05 bits per heavy atom. The van der Waals surface area contributed by atoms with Gasteiger partial charge in [-0.25, -0.2) is 4.68 Å². The molecule has 1 atom stereocenters. The fourth-order valence-electron chi connectivity index (χ4n) is 2.04. The molecule has 2 rings (SSSR count). The molecule has 0 amide bonds. The molecule has 2 N–H and O–H groups in total. The standard InChI is InChI=1S/C15H22N4O2/c1-3-6-12(16)13-11-19(18-17-13)9-10-21-15-8-5-4-7-14(15)20-2/h4-5,7-8,11-12H,3,6,9-10,16H2,1-2H3. The van der Waals surface area contributed by atoms with E-state index < -0.39 is 0 Å². The lowest BCUT2D eigenvalue weighted by Crippen LogP contribution is -2.10. The smallest absolute Gasteiger partial charge is 0.161 e. The van der Waals surface area contributed by atoms with Crippen molar-refractivity contribution in [3.8, 4) is 11.5 Å². The van der Waals surface area contributed by atoms with Gasteiger partial charge in [-0.2, -0.15) is 0 Å². The van der Waals surface area contributed by atoms with Gasteiger partial charge in [0.2, 0.25) is 0 Å². The molecular weight excluding hydrogens is 268 g/mol. The van der Waals surface area contributed by atoms with Crippen molar-refractivity contribution >= 4 is 0 Å². The van der Waals surface area contributed by atoms with E-state index in [-0.39, 0.29) is 6.04 Å². The van der Waals surface area contributed by atoms with Crippen LogP contribution < -0.4 is 15.2 Å². The zero-order valence-electron chi connectivity index (χ0n) is 12.5. The Morgan fingerprint density at radius 1 is 1.29 bits per heavy atom. The van der Waals surface area contributed by atoms with Crippen molar-refractivity contribution in [3.63, 3.8) is 0 Å². The average molecular weight is 290 g/mol. The number of hydrogen-bond donors (Lipinski definition) is 1. The Labute approximate surface area is 124 Å². The topological polar surface area (TPSA) is 75.2 Å². The highest BCUT2D eigenvalue weighted by Crippen LogP contribution is 2.25. The highest BCUT2D eigenvalue weighted by atomic mass is 16.5. The predicted molar refractivity (Wildman–Crippen MR) is 80.3 cm³/mol. The van der Waals surface area contributed by atoms with Gasteiger partial charge in [0, 0.05) is 0 Å².